The van der Waals surface area contributed by atoms with Gasteiger partial charge in [-0.2, -0.15) is 0 Å². The maximum Gasteiger partial charge on any atom is 0.246 e. The van der Waals surface area contributed by atoms with Crippen molar-refractivity contribution in [1.29, 1.82) is 0 Å². The molecule has 4 nitrogen and oxygen atoms in total. The third-order valence-corrected chi connectivity index (χ3v) is 3.17. The summed E-state index contributed by atoms with van der Waals surface area (Å²) in [6.07, 6.45) is 0. The highest BCUT2D eigenvalue weighted by Crippen LogP contribution is 2.17. The molecule has 0 aromatic heterocycles. The molecular formula is C16H24N2O2. The van der Waals surface area contributed by atoms with Gasteiger partial charge in [0, 0.05) is 24.7 Å². The number of hydrogen-bond donors (Lipinski definition) is 0. The van der Waals surface area contributed by atoms with E-state index in [0.717, 1.165) is 5.69 Å². The van der Waals surface area contributed by atoms with E-state index < -0.39 is 0 Å². The van der Waals surface area contributed by atoms with E-state index in [0.29, 0.717) is 6.54 Å². The minimum atomic E-state index is -0.363. The van der Waals surface area contributed by atoms with Gasteiger partial charge in [-0.3, -0.25) is 9.59 Å². The van der Waals surface area contributed by atoms with Crippen molar-refractivity contribution in [2.24, 2.45) is 0 Å². The molecule has 0 spiro atoms. The third kappa shape index (κ3) is 4.08. The van der Waals surface area contributed by atoms with E-state index in [9.17, 15) is 9.59 Å². The first-order valence-corrected chi connectivity index (χ1v) is 6.91. The first-order chi connectivity index (χ1) is 9.27. The fourth-order valence-electron chi connectivity index (χ4n) is 2.15. The molecule has 0 fully saturated rings. The minimum absolute atomic E-state index is 0.0659. The summed E-state index contributed by atoms with van der Waals surface area (Å²) in [5.41, 5.74) is 0.495. The number of para-hydroxylation sites is 1. The van der Waals surface area contributed by atoms with E-state index in [1.54, 1.807) is 9.80 Å². The lowest BCUT2D eigenvalue weighted by atomic mass is 10.1. The van der Waals surface area contributed by atoms with Crippen molar-refractivity contribution in [1.82, 2.24) is 4.90 Å². The molecule has 0 atom stereocenters. The second-order valence-electron chi connectivity index (χ2n) is 5.75. The number of hydrogen-bond acceptors (Lipinski definition) is 2. The maximum atomic E-state index is 12.5. The van der Waals surface area contributed by atoms with Crippen LogP contribution in [-0.2, 0) is 9.59 Å². The molecule has 20 heavy (non-hydrogen) atoms. The van der Waals surface area contributed by atoms with Gasteiger partial charge < -0.3 is 9.80 Å². The smallest absolute Gasteiger partial charge is 0.246 e. The van der Waals surface area contributed by atoms with Crippen LogP contribution in [0.4, 0.5) is 5.69 Å². The van der Waals surface area contributed by atoms with E-state index >= 15 is 0 Å². The molecule has 0 saturated heterocycles. The van der Waals surface area contributed by atoms with Crippen LogP contribution in [0.2, 0.25) is 0 Å². The van der Waals surface area contributed by atoms with Gasteiger partial charge in [0.05, 0.1) is 0 Å². The number of likely N-dealkylation sites (N-methyl/N-ethyl adjacent to an activating group) is 1. The zero-order valence-corrected chi connectivity index (χ0v) is 13.0. The van der Waals surface area contributed by atoms with Gasteiger partial charge in [0.25, 0.3) is 0 Å². The fraction of sp³-hybridized carbons (Fsp3) is 0.500. The van der Waals surface area contributed by atoms with Gasteiger partial charge in [0.2, 0.25) is 11.8 Å². The molecule has 2 amide bonds. The molecule has 0 aliphatic heterocycles. The van der Waals surface area contributed by atoms with Crippen molar-refractivity contribution in [2.45, 2.75) is 40.2 Å². The van der Waals surface area contributed by atoms with E-state index in [-0.39, 0.29) is 23.9 Å². The number of benzene rings is 1. The topological polar surface area (TPSA) is 40.6 Å². The molecular weight excluding hydrogens is 252 g/mol. The second-order valence-corrected chi connectivity index (χ2v) is 5.75. The lowest BCUT2D eigenvalue weighted by Gasteiger charge is -2.35. The molecule has 0 heterocycles. The van der Waals surface area contributed by atoms with Crippen LogP contribution in [-0.4, -0.2) is 35.3 Å². The van der Waals surface area contributed by atoms with Gasteiger partial charge in [0.15, 0.2) is 0 Å². The summed E-state index contributed by atoms with van der Waals surface area (Å²) in [6, 6.07) is 9.52. The monoisotopic (exact) mass is 276 g/mol. The van der Waals surface area contributed by atoms with Crippen molar-refractivity contribution in [2.75, 3.05) is 18.0 Å². The summed E-state index contributed by atoms with van der Waals surface area (Å²) in [4.78, 5) is 27.5. The molecule has 110 valence electrons. The Morgan fingerprint density at radius 3 is 2.05 bits per heavy atom. The number of carbonyl (C=O) groups excluding carboxylic acids is 2. The summed E-state index contributed by atoms with van der Waals surface area (Å²) in [5.74, 6) is -0.154. The van der Waals surface area contributed by atoms with Crippen LogP contribution >= 0.6 is 0 Å². The first kappa shape index (κ1) is 16.2. The van der Waals surface area contributed by atoms with E-state index in [4.69, 9.17) is 0 Å². The predicted octanol–water partition coefficient (Wildman–Crippen LogP) is 2.69. The van der Waals surface area contributed by atoms with E-state index in [1.165, 1.54) is 6.92 Å². The van der Waals surface area contributed by atoms with Crippen LogP contribution in [0.25, 0.3) is 0 Å². The van der Waals surface area contributed by atoms with Crippen LogP contribution in [0.1, 0.15) is 34.6 Å². The van der Waals surface area contributed by atoms with Gasteiger partial charge in [-0.05, 0) is 39.8 Å². The molecule has 4 heteroatoms. The summed E-state index contributed by atoms with van der Waals surface area (Å²) < 4.78 is 0. The molecule has 0 saturated carbocycles. The molecule has 1 rings (SSSR count). The number of anilines is 1. The minimum Gasteiger partial charge on any atom is -0.329 e. The van der Waals surface area contributed by atoms with Crippen LogP contribution in [0, 0.1) is 0 Å². The SMILES string of the molecule is CCN(C(=O)CN(C(C)=O)C(C)(C)C)c1ccccc1. The third-order valence-electron chi connectivity index (χ3n) is 3.17. The Labute approximate surface area is 121 Å². The number of carbonyl (C=O) groups is 2. The van der Waals surface area contributed by atoms with Gasteiger partial charge in [-0.25, -0.2) is 0 Å². The Kier molecular flexibility index (Phi) is 5.31. The van der Waals surface area contributed by atoms with E-state index in [2.05, 4.69) is 0 Å². The zero-order valence-electron chi connectivity index (χ0n) is 13.0. The average Bonchev–Trinajstić information content (AvgIpc) is 2.36. The molecule has 0 aliphatic carbocycles. The molecule has 0 N–H and O–H groups in total. The van der Waals surface area contributed by atoms with Crippen LogP contribution < -0.4 is 4.90 Å². The lowest BCUT2D eigenvalue weighted by Crippen LogP contribution is -2.50. The normalized spacial score (nSPS) is 11.1. The molecule has 1 aromatic rings. The number of nitrogens with zero attached hydrogens (tertiary/aromatic N) is 2. The van der Waals surface area contributed by atoms with Crippen molar-refractivity contribution < 1.29 is 9.59 Å². The van der Waals surface area contributed by atoms with Crippen LogP contribution in [0.15, 0.2) is 30.3 Å². The quantitative estimate of drug-likeness (QED) is 0.848. The maximum absolute atomic E-state index is 12.5. The van der Waals surface area contributed by atoms with E-state index in [1.807, 2.05) is 58.0 Å². The highest BCUT2D eigenvalue weighted by molar-refractivity contribution is 5.96. The van der Waals surface area contributed by atoms with Gasteiger partial charge in [-0.15, -0.1) is 0 Å². The molecule has 0 bridgehead atoms. The molecule has 0 unspecified atom stereocenters. The molecule has 0 radical (unpaired) electrons. The summed E-state index contributed by atoms with van der Waals surface area (Å²) in [6.45, 7) is 9.90. The Bertz CT molecular complexity index is 463. The summed E-state index contributed by atoms with van der Waals surface area (Å²) in [5, 5.41) is 0. The second kappa shape index (κ2) is 6.55. The largest absolute Gasteiger partial charge is 0.329 e. The fourth-order valence-corrected chi connectivity index (χ4v) is 2.15. The number of rotatable bonds is 4. The average molecular weight is 276 g/mol. The van der Waals surface area contributed by atoms with Crippen molar-refractivity contribution in [3.05, 3.63) is 30.3 Å². The Hall–Kier alpha value is -1.84. The molecule has 1 aromatic carbocycles. The highest BCUT2D eigenvalue weighted by atomic mass is 16.2. The zero-order chi connectivity index (χ0) is 15.3. The predicted molar refractivity (Wildman–Crippen MR) is 81.6 cm³/mol. The Morgan fingerprint density at radius 2 is 1.65 bits per heavy atom. The molecule has 0 aliphatic rings. The first-order valence-electron chi connectivity index (χ1n) is 6.91. The highest BCUT2D eigenvalue weighted by Gasteiger charge is 2.27. The summed E-state index contributed by atoms with van der Waals surface area (Å²) in [7, 11) is 0. The van der Waals surface area contributed by atoms with Crippen molar-refractivity contribution in [3.8, 4) is 0 Å². The number of amides is 2. The van der Waals surface area contributed by atoms with Gasteiger partial charge in [0.1, 0.15) is 6.54 Å². The standard InChI is InChI=1S/C16H24N2O2/c1-6-17(14-10-8-7-9-11-14)15(20)12-18(13(2)19)16(3,4)5/h7-11H,6,12H2,1-5H3. The van der Waals surface area contributed by atoms with Gasteiger partial charge in [-0.1, -0.05) is 18.2 Å². The van der Waals surface area contributed by atoms with Crippen molar-refractivity contribution >= 4 is 17.5 Å². The van der Waals surface area contributed by atoms with Crippen LogP contribution in [0.3, 0.4) is 0 Å². The summed E-state index contributed by atoms with van der Waals surface area (Å²) >= 11 is 0. The Morgan fingerprint density at radius 1 is 1.10 bits per heavy atom. The van der Waals surface area contributed by atoms with Gasteiger partial charge >= 0.3 is 0 Å². The van der Waals surface area contributed by atoms with Crippen LogP contribution in [0.5, 0.6) is 0 Å². The lowest BCUT2D eigenvalue weighted by molar-refractivity contribution is -0.138. The van der Waals surface area contributed by atoms with Crippen molar-refractivity contribution in [3.63, 3.8) is 0 Å². The Balaban J connectivity index is 2.90.